The van der Waals surface area contributed by atoms with Crippen molar-refractivity contribution in [3.8, 4) is 0 Å². The molecule has 0 radical (unpaired) electrons. The van der Waals surface area contributed by atoms with Crippen molar-refractivity contribution in [2.45, 2.75) is 18.9 Å². The number of nitrogen functional groups attached to an aromatic ring is 1. The van der Waals surface area contributed by atoms with Crippen LogP contribution in [0.15, 0.2) is 18.2 Å². The van der Waals surface area contributed by atoms with E-state index in [0.29, 0.717) is 22.8 Å². The number of carbonyl (C=O) groups is 1. The van der Waals surface area contributed by atoms with Crippen LogP contribution in [-0.4, -0.2) is 35.1 Å². The van der Waals surface area contributed by atoms with Gasteiger partial charge in [0.25, 0.3) is 5.91 Å². The molecule has 0 heterocycles. The quantitative estimate of drug-likeness (QED) is 0.801. The molecule has 1 saturated carbocycles. The number of hydrogen-bond acceptors (Lipinski definition) is 3. The lowest BCUT2D eigenvalue weighted by Gasteiger charge is -2.22. The Labute approximate surface area is 105 Å². The van der Waals surface area contributed by atoms with Crippen LogP contribution in [0.25, 0.3) is 0 Å². The standard InChI is InChI=1S/C12H15ClN2O2/c13-8-1-4-10(11(14)7-8)12(17)15(5-6-16)9-2-3-9/h1,4,7,9,16H,2-3,5-6,14H2. The normalized spacial score (nSPS) is 14.7. The van der Waals surface area contributed by atoms with Crippen molar-refractivity contribution in [1.29, 1.82) is 0 Å². The molecule has 4 nitrogen and oxygen atoms in total. The van der Waals surface area contributed by atoms with Gasteiger partial charge in [0, 0.05) is 23.3 Å². The van der Waals surface area contributed by atoms with Crippen LogP contribution >= 0.6 is 11.6 Å². The van der Waals surface area contributed by atoms with Gasteiger partial charge in [-0.1, -0.05) is 11.6 Å². The Morgan fingerprint density at radius 2 is 2.24 bits per heavy atom. The van der Waals surface area contributed by atoms with E-state index in [1.54, 1.807) is 23.1 Å². The molecular formula is C12H15ClN2O2. The Bertz CT molecular complexity index is 433. The van der Waals surface area contributed by atoms with E-state index in [0.717, 1.165) is 12.8 Å². The first-order valence-corrected chi connectivity index (χ1v) is 5.98. The zero-order valence-electron chi connectivity index (χ0n) is 9.40. The zero-order valence-corrected chi connectivity index (χ0v) is 10.2. The molecule has 0 aliphatic heterocycles. The number of halogens is 1. The van der Waals surface area contributed by atoms with Crippen molar-refractivity contribution in [3.05, 3.63) is 28.8 Å². The van der Waals surface area contributed by atoms with Gasteiger partial charge in [0.2, 0.25) is 0 Å². The smallest absolute Gasteiger partial charge is 0.256 e. The number of amides is 1. The summed E-state index contributed by atoms with van der Waals surface area (Å²) in [6.07, 6.45) is 2.00. The molecule has 2 rings (SSSR count). The van der Waals surface area contributed by atoms with Crippen molar-refractivity contribution in [2.24, 2.45) is 0 Å². The molecule has 5 heteroatoms. The lowest BCUT2D eigenvalue weighted by atomic mass is 10.1. The van der Waals surface area contributed by atoms with Gasteiger partial charge >= 0.3 is 0 Å². The summed E-state index contributed by atoms with van der Waals surface area (Å²) in [6, 6.07) is 5.10. The second kappa shape index (κ2) is 4.94. The molecule has 3 N–H and O–H groups in total. The predicted molar refractivity (Wildman–Crippen MR) is 67.0 cm³/mol. The van der Waals surface area contributed by atoms with Crippen LogP contribution in [0.3, 0.4) is 0 Å². The van der Waals surface area contributed by atoms with Gasteiger partial charge in [-0.15, -0.1) is 0 Å². The van der Waals surface area contributed by atoms with E-state index in [1.165, 1.54) is 0 Å². The average molecular weight is 255 g/mol. The summed E-state index contributed by atoms with van der Waals surface area (Å²) < 4.78 is 0. The molecule has 0 spiro atoms. The van der Waals surface area contributed by atoms with E-state index >= 15 is 0 Å². The van der Waals surface area contributed by atoms with Crippen LogP contribution in [-0.2, 0) is 0 Å². The molecule has 1 fully saturated rings. The van der Waals surface area contributed by atoms with E-state index < -0.39 is 0 Å². The predicted octanol–water partition coefficient (Wildman–Crippen LogP) is 1.52. The third kappa shape index (κ3) is 2.70. The highest BCUT2D eigenvalue weighted by atomic mass is 35.5. The molecule has 1 aromatic carbocycles. The number of benzene rings is 1. The minimum atomic E-state index is -0.129. The van der Waals surface area contributed by atoms with Crippen LogP contribution in [0.2, 0.25) is 5.02 Å². The maximum absolute atomic E-state index is 12.2. The first-order valence-electron chi connectivity index (χ1n) is 5.60. The number of hydrogen-bond donors (Lipinski definition) is 2. The first-order chi connectivity index (χ1) is 8.13. The van der Waals surface area contributed by atoms with E-state index in [2.05, 4.69) is 0 Å². The number of rotatable bonds is 4. The fourth-order valence-corrected chi connectivity index (χ4v) is 2.01. The highest BCUT2D eigenvalue weighted by Gasteiger charge is 2.33. The van der Waals surface area contributed by atoms with E-state index in [-0.39, 0.29) is 18.6 Å². The second-order valence-corrected chi connectivity index (χ2v) is 4.62. The molecule has 1 aliphatic rings. The second-order valence-electron chi connectivity index (χ2n) is 4.18. The summed E-state index contributed by atoms with van der Waals surface area (Å²) in [5, 5.41) is 9.49. The zero-order chi connectivity index (χ0) is 12.4. The summed E-state index contributed by atoms with van der Waals surface area (Å²) in [5.74, 6) is -0.129. The third-order valence-electron chi connectivity index (χ3n) is 2.83. The SMILES string of the molecule is Nc1cc(Cl)ccc1C(=O)N(CCO)C1CC1. The number of carbonyl (C=O) groups excluding carboxylic acids is 1. The minimum Gasteiger partial charge on any atom is -0.398 e. The Balaban J connectivity index is 2.22. The highest BCUT2D eigenvalue weighted by Crippen LogP contribution is 2.29. The van der Waals surface area contributed by atoms with Gasteiger partial charge in [-0.3, -0.25) is 4.79 Å². The van der Waals surface area contributed by atoms with Gasteiger partial charge < -0.3 is 15.7 Å². The fraction of sp³-hybridized carbons (Fsp3) is 0.417. The summed E-state index contributed by atoms with van der Waals surface area (Å²) in [6.45, 7) is 0.321. The molecule has 92 valence electrons. The van der Waals surface area contributed by atoms with Crippen molar-refractivity contribution < 1.29 is 9.90 Å². The Hall–Kier alpha value is -1.26. The molecule has 0 atom stereocenters. The summed E-state index contributed by atoms with van der Waals surface area (Å²) in [5.41, 5.74) is 6.62. The van der Waals surface area contributed by atoms with Gasteiger partial charge in [0.15, 0.2) is 0 Å². The summed E-state index contributed by atoms with van der Waals surface area (Å²) in [7, 11) is 0. The number of nitrogens with zero attached hydrogens (tertiary/aromatic N) is 1. The molecule has 0 bridgehead atoms. The highest BCUT2D eigenvalue weighted by molar-refractivity contribution is 6.31. The molecule has 1 aliphatic carbocycles. The molecule has 0 unspecified atom stereocenters. The first kappa shape index (κ1) is 12.2. The van der Waals surface area contributed by atoms with Gasteiger partial charge in [-0.2, -0.15) is 0 Å². The third-order valence-corrected chi connectivity index (χ3v) is 3.07. The maximum atomic E-state index is 12.2. The number of anilines is 1. The lowest BCUT2D eigenvalue weighted by molar-refractivity contribution is 0.0708. The van der Waals surface area contributed by atoms with Gasteiger partial charge in [0.1, 0.15) is 0 Å². The largest absolute Gasteiger partial charge is 0.398 e. The molecule has 1 aromatic rings. The van der Waals surface area contributed by atoms with Crippen LogP contribution in [0, 0.1) is 0 Å². The van der Waals surface area contributed by atoms with Crippen molar-refractivity contribution >= 4 is 23.2 Å². The average Bonchev–Trinajstić information content (AvgIpc) is 3.09. The lowest BCUT2D eigenvalue weighted by Crippen LogP contribution is -2.35. The van der Waals surface area contributed by atoms with Crippen LogP contribution in [0.5, 0.6) is 0 Å². The molecule has 1 amide bonds. The van der Waals surface area contributed by atoms with Gasteiger partial charge in [0.05, 0.1) is 12.2 Å². The van der Waals surface area contributed by atoms with Gasteiger partial charge in [-0.25, -0.2) is 0 Å². The fourth-order valence-electron chi connectivity index (χ4n) is 1.83. The monoisotopic (exact) mass is 254 g/mol. The summed E-state index contributed by atoms with van der Waals surface area (Å²) in [4.78, 5) is 13.9. The Morgan fingerprint density at radius 3 is 2.76 bits per heavy atom. The van der Waals surface area contributed by atoms with E-state index in [4.69, 9.17) is 22.4 Å². The molecule has 0 aromatic heterocycles. The molecule has 0 saturated heterocycles. The number of aliphatic hydroxyl groups is 1. The Kier molecular flexibility index (Phi) is 3.54. The van der Waals surface area contributed by atoms with Crippen LogP contribution in [0.4, 0.5) is 5.69 Å². The van der Waals surface area contributed by atoms with Crippen molar-refractivity contribution in [1.82, 2.24) is 4.90 Å². The minimum absolute atomic E-state index is 0.0320. The topological polar surface area (TPSA) is 66.6 Å². The van der Waals surface area contributed by atoms with Crippen molar-refractivity contribution in [3.63, 3.8) is 0 Å². The molecular weight excluding hydrogens is 240 g/mol. The van der Waals surface area contributed by atoms with Crippen molar-refractivity contribution in [2.75, 3.05) is 18.9 Å². The van der Waals surface area contributed by atoms with Crippen LogP contribution in [0.1, 0.15) is 23.2 Å². The Morgan fingerprint density at radius 1 is 1.53 bits per heavy atom. The summed E-state index contributed by atoms with van der Waals surface area (Å²) >= 11 is 5.79. The van der Waals surface area contributed by atoms with E-state index in [9.17, 15) is 4.79 Å². The number of nitrogens with two attached hydrogens (primary N) is 1. The van der Waals surface area contributed by atoms with Gasteiger partial charge in [-0.05, 0) is 31.0 Å². The number of aliphatic hydroxyl groups excluding tert-OH is 1. The van der Waals surface area contributed by atoms with Crippen LogP contribution < -0.4 is 5.73 Å². The maximum Gasteiger partial charge on any atom is 0.256 e. The van der Waals surface area contributed by atoms with E-state index in [1.807, 2.05) is 0 Å². The molecule has 17 heavy (non-hydrogen) atoms.